The molecule has 6 heteroatoms. The van der Waals surface area contributed by atoms with Crippen molar-refractivity contribution < 1.29 is 30.0 Å². The number of hydrogen-bond acceptors (Lipinski definition) is 5. The Balaban J connectivity index is 0.000000356. The summed E-state index contributed by atoms with van der Waals surface area (Å²) >= 11 is 1.89. The largest absolute Gasteiger partial charge is 0.512 e. The van der Waals surface area contributed by atoms with E-state index in [-0.39, 0.29) is 31.6 Å². The number of aliphatic hydroxyl groups excluding tert-OH is 1. The van der Waals surface area contributed by atoms with Crippen LogP contribution >= 0.6 is 11.3 Å². The van der Waals surface area contributed by atoms with Crippen LogP contribution in [0.2, 0.25) is 0 Å². The molecule has 0 saturated carbocycles. The summed E-state index contributed by atoms with van der Waals surface area (Å²) in [6.45, 7) is 2.85. The third-order valence-electron chi connectivity index (χ3n) is 6.43. The van der Waals surface area contributed by atoms with Gasteiger partial charge in [-0.05, 0) is 97.0 Å². The van der Waals surface area contributed by atoms with Gasteiger partial charge in [-0.15, -0.1) is 41.2 Å². The van der Waals surface area contributed by atoms with Crippen LogP contribution in [0.3, 0.4) is 0 Å². The van der Waals surface area contributed by atoms with Crippen LogP contribution in [-0.4, -0.2) is 15.9 Å². The minimum absolute atomic E-state index is 0. The van der Waals surface area contributed by atoms with E-state index in [1.807, 2.05) is 29.7 Å². The Morgan fingerprint density at radius 3 is 2.35 bits per heavy atom. The van der Waals surface area contributed by atoms with Gasteiger partial charge in [0.25, 0.3) is 0 Å². The molecule has 0 fully saturated rings. The smallest absolute Gasteiger partial charge is 0.155 e. The summed E-state index contributed by atoms with van der Waals surface area (Å²) in [5.41, 5.74) is 5.52. The summed E-state index contributed by atoms with van der Waals surface area (Å²) in [7, 11) is 0. The average molecular weight is 682 g/mol. The van der Waals surface area contributed by atoms with Gasteiger partial charge in [-0.25, -0.2) is 5.26 Å². The number of carbonyl (C=O) groups is 1. The predicted molar refractivity (Wildman–Crippen MR) is 147 cm³/mol. The minimum Gasteiger partial charge on any atom is -0.512 e. The van der Waals surface area contributed by atoms with Crippen molar-refractivity contribution in [1.29, 1.82) is 5.26 Å². The van der Waals surface area contributed by atoms with E-state index in [0.717, 1.165) is 16.6 Å². The normalized spacial score (nSPS) is 12.8. The van der Waals surface area contributed by atoms with E-state index in [9.17, 15) is 4.79 Å². The number of pyridine rings is 1. The van der Waals surface area contributed by atoms with E-state index in [1.54, 1.807) is 6.07 Å². The maximum Gasteiger partial charge on any atom is 0.155 e. The molecule has 0 amide bonds. The monoisotopic (exact) mass is 682 g/mol. The molecule has 2 heterocycles. The number of nitriles is 1. The van der Waals surface area contributed by atoms with Crippen LogP contribution in [0.25, 0.3) is 42.2 Å². The zero-order valence-electron chi connectivity index (χ0n) is 20.6. The number of aryl methyl sites for hydroxylation is 2. The van der Waals surface area contributed by atoms with E-state index >= 15 is 0 Å². The van der Waals surface area contributed by atoms with Crippen LogP contribution < -0.4 is 0 Å². The Labute approximate surface area is 233 Å². The first kappa shape index (κ1) is 26.7. The second-order valence-corrected chi connectivity index (χ2v) is 10.2. The number of carbonyl (C=O) groups excluding carboxylic acids is 1. The summed E-state index contributed by atoms with van der Waals surface area (Å²) in [5.74, 6) is -0.0625. The van der Waals surface area contributed by atoms with Gasteiger partial charge < -0.3 is 10.1 Å². The minimum atomic E-state index is -0.125. The molecular weight excluding hydrogens is 657 g/mol. The molecule has 0 spiro atoms. The molecule has 4 nitrogen and oxygen atoms in total. The van der Waals surface area contributed by atoms with Crippen LogP contribution in [-0.2, 0) is 37.7 Å². The van der Waals surface area contributed by atoms with Crippen molar-refractivity contribution in [3.05, 3.63) is 89.3 Å². The quantitative estimate of drug-likeness (QED) is 0.117. The van der Waals surface area contributed by atoms with Crippen LogP contribution in [0.15, 0.2) is 66.6 Å². The van der Waals surface area contributed by atoms with E-state index < -0.39 is 0 Å². The Morgan fingerprint density at radius 1 is 1.03 bits per heavy atom. The van der Waals surface area contributed by atoms with Crippen LogP contribution in [0.1, 0.15) is 43.4 Å². The standard InChI is InChI=1S/C26H17N2S.C5H8O2.Ir/c27-15-16-5-7-17(8-6-16)26-21-14-23-22-11-18-3-1-2-4-19(18)12-24(22)29-25(23)13-20(21)9-10-28-26;1-4(6)3-5(2)7;/h5-7,9-14H,1-4H2;3,6H,1-2H3;/q-1;;/b;4-3-;. The second kappa shape index (κ2) is 11.4. The molecule has 6 rings (SSSR count). The molecule has 1 aliphatic carbocycles. The van der Waals surface area contributed by atoms with Crippen molar-refractivity contribution in [2.24, 2.45) is 0 Å². The molecular formula is C31H25IrN2O2S-. The van der Waals surface area contributed by atoms with Gasteiger partial charge in [0.2, 0.25) is 0 Å². The average Bonchev–Trinajstić information content (AvgIpc) is 3.21. The first-order valence-corrected chi connectivity index (χ1v) is 12.8. The SMILES string of the molecule is CC(=O)/C=C(/C)O.N#Cc1c[c-]c(-c2nccc3cc4sc5cc6c(cc5c4cc23)CCCC6)cc1.[Ir]. The Bertz CT molecular complexity index is 1690. The number of allylic oxidation sites excluding steroid dienone is 2. The molecule has 37 heavy (non-hydrogen) atoms. The van der Waals surface area contributed by atoms with Crippen molar-refractivity contribution in [2.75, 3.05) is 0 Å². The number of rotatable bonds is 2. The van der Waals surface area contributed by atoms with Crippen molar-refractivity contribution in [3.63, 3.8) is 0 Å². The predicted octanol–water partition coefficient (Wildman–Crippen LogP) is 7.86. The molecule has 187 valence electrons. The molecule has 3 aromatic carbocycles. The van der Waals surface area contributed by atoms with Gasteiger partial charge in [0.1, 0.15) is 0 Å². The van der Waals surface area contributed by atoms with Crippen LogP contribution in [0, 0.1) is 17.4 Å². The number of thiophene rings is 1. The van der Waals surface area contributed by atoms with Crippen LogP contribution in [0.4, 0.5) is 0 Å². The fourth-order valence-electron chi connectivity index (χ4n) is 4.82. The van der Waals surface area contributed by atoms with Crippen molar-refractivity contribution in [2.45, 2.75) is 39.5 Å². The summed E-state index contributed by atoms with van der Waals surface area (Å²) in [5, 5.41) is 22.4. The van der Waals surface area contributed by atoms with Crippen molar-refractivity contribution in [1.82, 2.24) is 4.98 Å². The molecule has 0 saturated heterocycles. The molecule has 1 aliphatic rings. The zero-order valence-corrected chi connectivity index (χ0v) is 23.8. The van der Waals surface area contributed by atoms with Gasteiger partial charge in [0.15, 0.2) is 5.78 Å². The Kier molecular flexibility index (Phi) is 8.19. The van der Waals surface area contributed by atoms with Gasteiger partial charge in [-0.1, -0.05) is 6.07 Å². The van der Waals surface area contributed by atoms with Gasteiger partial charge >= 0.3 is 0 Å². The molecule has 5 aromatic rings. The maximum atomic E-state index is 10.0. The number of hydrogen-bond donors (Lipinski definition) is 1. The summed E-state index contributed by atoms with van der Waals surface area (Å²) in [4.78, 5) is 14.7. The molecule has 0 bridgehead atoms. The first-order chi connectivity index (χ1) is 17.4. The maximum absolute atomic E-state index is 10.0. The van der Waals surface area contributed by atoms with E-state index in [1.165, 1.54) is 82.3 Å². The molecule has 0 aliphatic heterocycles. The van der Waals surface area contributed by atoms with Crippen LogP contribution in [0.5, 0.6) is 0 Å². The fraction of sp³-hybridized carbons (Fsp3) is 0.194. The Hall–Kier alpha value is -3.36. The topological polar surface area (TPSA) is 74.0 Å². The zero-order chi connectivity index (χ0) is 25.2. The van der Waals surface area contributed by atoms with Gasteiger partial charge in [-0.3, -0.25) is 4.79 Å². The number of ketones is 1. The summed E-state index contributed by atoms with van der Waals surface area (Å²) < 4.78 is 2.71. The third kappa shape index (κ3) is 5.65. The molecule has 1 N–H and O–H groups in total. The first-order valence-electron chi connectivity index (χ1n) is 12.0. The molecule has 1 radical (unpaired) electrons. The number of nitrogens with zero attached hydrogens (tertiary/aromatic N) is 2. The number of benzene rings is 3. The number of fused-ring (bicyclic) bond motifs is 5. The van der Waals surface area contributed by atoms with Gasteiger partial charge in [-0.2, -0.15) is 0 Å². The van der Waals surface area contributed by atoms with Crippen molar-refractivity contribution >= 4 is 48.1 Å². The van der Waals surface area contributed by atoms with E-state index in [0.29, 0.717) is 5.56 Å². The molecule has 0 atom stereocenters. The third-order valence-corrected chi connectivity index (χ3v) is 7.54. The second-order valence-electron chi connectivity index (χ2n) is 9.15. The Morgan fingerprint density at radius 2 is 1.73 bits per heavy atom. The van der Waals surface area contributed by atoms with Gasteiger partial charge in [0, 0.05) is 58.6 Å². The van der Waals surface area contributed by atoms with E-state index in [4.69, 9.17) is 10.4 Å². The molecule has 2 aromatic heterocycles. The van der Waals surface area contributed by atoms with Crippen molar-refractivity contribution in [3.8, 4) is 17.3 Å². The number of aromatic nitrogens is 1. The fourth-order valence-corrected chi connectivity index (χ4v) is 6.00. The van der Waals surface area contributed by atoms with E-state index in [2.05, 4.69) is 47.5 Å². The molecule has 0 unspecified atom stereocenters. The summed E-state index contributed by atoms with van der Waals surface area (Å²) in [6.07, 6.45) is 8.05. The van der Waals surface area contributed by atoms with Gasteiger partial charge in [0.05, 0.1) is 5.76 Å². The number of aliphatic hydroxyl groups is 1. The summed E-state index contributed by atoms with van der Waals surface area (Å²) in [6, 6.07) is 22.4.